The van der Waals surface area contributed by atoms with Gasteiger partial charge in [-0.3, -0.25) is 0 Å². The Bertz CT molecular complexity index is 354. The van der Waals surface area contributed by atoms with Crippen molar-refractivity contribution in [2.75, 3.05) is 13.6 Å². The lowest BCUT2D eigenvalue weighted by Gasteiger charge is -2.33. The summed E-state index contributed by atoms with van der Waals surface area (Å²) in [5, 5.41) is 4.24. The lowest BCUT2D eigenvalue weighted by molar-refractivity contribution is 0.358. The summed E-state index contributed by atoms with van der Waals surface area (Å²) in [6.07, 6.45) is 8.02. The molecule has 2 rings (SSSR count). The topological polar surface area (TPSA) is 12.0 Å². The molecule has 0 spiro atoms. The van der Waals surface area contributed by atoms with E-state index in [4.69, 9.17) is 11.6 Å². The van der Waals surface area contributed by atoms with Crippen LogP contribution in [0.4, 0.5) is 0 Å². The van der Waals surface area contributed by atoms with Gasteiger partial charge in [-0.1, -0.05) is 49.4 Å². The number of hydrogen-bond acceptors (Lipinski definition) is 1. The van der Waals surface area contributed by atoms with Crippen LogP contribution >= 0.6 is 11.6 Å². The Morgan fingerprint density at radius 1 is 1.18 bits per heavy atom. The fraction of sp³-hybridized carbons (Fsp3) is 0.600. The Hall–Kier alpha value is -0.530. The maximum atomic E-state index is 6.15. The summed E-state index contributed by atoms with van der Waals surface area (Å²) < 4.78 is 0. The minimum Gasteiger partial charge on any atom is -0.319 e. The van der Waals surface area contributed by atoms with Gasteiger partial charge >= 0.3 is 0 Å². The first-order valence-corrected chi connectivity index (χ1v) is 7.05. The molecule has 0 heterocycles. The molecule has 17 heavy (non-hydrogen) atoms. The molecule has 1 N–H and O–H groups in total. The molecule has 0 aromatic heterocycles. The summed E-state index contributed by atoms with van der Waals surface area (Å²) in [5.41, 5.74) is 1.72. The highest BCUT2D eigenvalue weighted by molar-refractivity contribution is 6.30. The van der Waals surface area contributed by atoms with Crippen LogP contribution in [0, 0.1) is 0 Å². The predicted molar refractivity (Wildman–Crippen MR) is 74.8 cm³/mol. The molecule has 0 radical (unpaired) electrons. The third-order valence-electron chi connectivity index (χ3n) is 4.01. The van der Waals surface area contributed by atoms with Gasteiger partial charge < -0.3 is 5.32 Å². The molecule has 2 heteroatoms. The number of halogens is 1. The van der Waals surface area contributed by atoms with Crippen molar-refractivity contribution in [2.24, 2.45) is 0 Å². The fourth-order valence-corrected chi connectivity index (χ4v) is 3.32. The van der Waals surface area contributed by atoms with E-state index in [1.165, 1.54) is 44.1 Å². The van der Waals surface area contributed by atoms with Crippen LogP contribution in [0.15, 0.2) is 24.3 Å². The zero-order chi connectivity index (χ0) is 12.1. The lowest BCUT2D eigenvalue weighted by atomic mass is 9.74. The fourth-order valence-electron chi connectivity index (χ4n) is 3.13. The van der Waals surface area contributed by atoms with Gasteiger partial charge in [0, 0.05) is 17.0 Å². The van der Waals surface area contributed by atoms with Crippen LogP contribution in [0.1, 0.15) is 44.1 Å². The SMILES string of the molecule is CNCC1(c2cccc(Cl)c2)CCCCCC1. The molecule has 1 nitrogen and oxygen atoms in total. The van der Waals surface area contributed by atoms with Crippen molar-refractivity contribution in [2.45, 2.75) is 43.9 Å². The first kappa shape index (κ1) is 12.9. The quantitative estimate of drug-likeness (QED) is 0.796. The minimum atomic E-state index is 0.302. The molecule has 1 aliphatic rings. The molecule has 1 aromatic carbocycles. The summed E-state index contributed by atoms with van der Waals surface area (Å²) in [5.74, 6) is 0. The van der Waals surface area contributed by atoms with Crippen molar-refractivity contribution in [1.82, 2.24) is 5.32 Å². The van der Waals surface area contributed by atoms with E-state index in [0.717, 1.165) is 11.6 Å². The number of rotatable bonds is 3. The molecule has 0 amide bonds. The van der Waals surface area contributed by atoms with E-state index in [1.807, 2.05) is 6.07 Å². The van der Waals surface area contributed by atoms with E-state index in [2.05, 4.69) is 30.6 Å². The summed E-state index contributed by atoms with van der Waals surface area (Å²) >= 11 is 6.15. The molecular weight excluding hydrogens is 230 g/mol. The zero-order valence-corrected chi connectivity index (χ0v) is 11.4. The summed E-state index contributed by atoms with van der Waals surface area (Å²) in [7, 11) is 2.05. The van der Waals surface area contributed by atoms with Gasteiger partial charge in [-0.05, 0) is 37.6 Å². The molecule has 0 unspecified atom stereocenters. The van der Waals surface area contributed by atoms with E-state index < -0.39 is 0 Å². The van der Waals surface area contributed by atoms with E-state index in [9.17, 15) is 0 Å². The van der Waals surface area contributed by atoms with Crippen LogP contribution in [0.5, 0.6) is 0 Å². The molecule has 1 saturated carbocycles. The van der Waals surface area contributed by atoms with E-state index in [1.54, 1.807) is 0 Å². The average molecular weight is 252 g/mol. The number of nitrogens with one attached hydrogen (secondary N) is 1. The Kier molecular flexibility index (Phi) is 4.47. The lowest BCUT2D eigenvalue weighted by Crippen LogP contribution is -2.36. The highest BCUT2D eigenvalue weighted by atomic mass is 35.5. The monoisotopic (exact) mass is 251 g/mol. The van der Waals surface area contributed by atoms with Crippen molar-refractivity contribution in [3.05, 3.63) is 34.9 Å². The van der Waals surface area contributed by atoms with Crippen LogP contribution in [0.3, 0.4) is 0 Å². The molecule has 94 valence electrons. The Morgan fingerprint density at radius 3 is 2.47 bits per heavy atom. The Morgan fingerprint density at radius 2 is 1.88 bits per heavy atom. The van der Waals surface area contributed by atoms with Gasteiger partial charge in [-0.15, -0.1) is 0 Å². The maximum absolute atomic E-state index is 6.15. The maximum Gasteiger partial charge on any atom is 0.0408 e. The molecular formula is C15H22ClN. The molecule has 0 atom stereocenters. The van der Waals surface area contributed by atoms with Gasteiger partial charge in [0.15, 0.2) is 0 Å². The largest absolute Gasteiger partial charge is 0.319 e. The molecule has 0 bridgehead atoms. The van der Waals surface area contributed by atoms with Gasteiger partial charge in [0.05, 0.1) is 0 Å². The summed E-state index contributed by atoms with van der Waals surface area (Å²) in [6, 6.07) is 8.45. The van der Waals surface area contributed by atoms with Crippen LogP contribution < -0.4 is 5.32 Å². The first-order valence-electron chi connectivity index (χ1n) is 6.67. The molecule has 1 aliphatic carbocycles. The van der Waals surface area contributed by atoms with Gasteiger partial charge in [0.25, 0.3) is 0 Å². The van der Waals surface area contributed by atoms with Crippen molar-refractivity contribution >= 4 is 11.6 Å². The predicted octanol–water partition coefficient (Wildman–Crippen LogP) is 4.15. The van der Waals surface area contributed by atoms with Crippen molar-refractivity contribution in [3.8, 4) is 0 Å². The first-order chi connectivity index (χ1) is 8.27. The third-order valence-corrected chi connectivity index (χ3v) is 4.25. The third kappa shape index (κ3) is 3.02. The van der Waals surface area contributed by atoms with Crippen molar-refractivity contribution in [3.63, 3.8) is 0 Å². The van der Waals surface area contributed by atoms with Crippen LogP contribution in [-0.2, 0) is 5.41 Å². The second kappa shape index (κ2) is 5.88. The normalized spacial score (nSPS) is 19.9. The second-order valence-electron chi connectivity index (χ2n) is 5.24. The van der Waals surface area contributed by atoms with Crippen LogP contribution in [-0.4, -0.2) is 13.6 Å². The van der Waals surface area contributed by atoms with Crippen molar-refractivity contribution in [1.29, 1.82) is 0 Å². The summed E-state index contributed by atoms with van der Waals surface area (Å²) in [6.45, 7) is 1.06. The minimum absolute atomic E-state index is 0.302. The van der Waals surface area contributed by atoms with Gasteiger partial charge in [0.2, 0.25) is 0 Å². The molecule has 1 fully saturated rings. The Labute approximate surface area is 110 Å². The highest BCUT2D eigenvalue weighted by Crippen LogP contribution is 2.38. The van der Waals surface area contributed by atoms with Gasteiger partial charge in [-0.25, -0.2) is 0 Å². The van der Waals surface area contributed by atoms with E-state index in [0.29, 0.717) is 5.41 Å². The number of benzene rings is 1. The second-order valence-corrected chi connectivity index (χ2v) is 5.67. The summed E-state index contributed by atoms with van der Waals surface area (Å²) in [4.78, 5) is 0. The molecule has 1 aromatic rings. The van der Waals surface area contributed by atoms with Crippen LogP contribution in [0.25, 0.3) is 0 Å². The van der Waals surface area contributed by atoms with Crippen molar-refractivity contribution < 1.29 is 0 Å². The van der Waals surface area contributed by atoms with Gasteiger partial charge in [0.1, 0.15) is 0 Å². The smallest absolute Gasteiger partial charge is 0.0408 e. The highest BCUT2D eigenvalue weighted by Gasteiger charge is 2.32. The zero-order valence-electron chi connectivity index (χ0n) is 10.6. The van der Waals surface area contributed by atoms with Crippen LogP contribution in [0.2, 0.25) is 5.02 Å². The number of likely N-dealkylation sites (N-methyl/N-ethyl adjacent to an activating group) is 1. The number of hydrogen-bond donors (Lipinski definition) is 1. The Balaban J connectivity index is 2.31. The van der Waals surface area contributed by atoms with E-state index in [-0.39, 0.29) is 0 Å². The van der Waals surface area contributed by atoms with Gasteiger partial charge in [-0.2, -0.15) is 0 Å². The van der Waals surface area contributed by atoms with E-state index >= 15 is 0 Å². The average Bonchev–Trinajstić information content (AvgIpc) is 2.56. The molecule has 0 aliphatic heterocycles. The standard InChI is InChI=1S/C15H22ClN/c1-17-12-15(9-4-2-3-5-10-15)13-7-6-8-14(16)11-13/h6-8,11,17H,2-5,9-10,12H2,1H3. The molecule has 0 saturated heterocycles.